The first-order valence-corrected chi connectivity index (χ1v) is 8.22. The Balaban J connectivity index is 2.36. The van der Waals surface area contributed by atoms with Gasteiger partial charge in [-0.25, -0.2) is 4.79 Å². The Bertz CT molecular complexity index is 894. The topological polar surface area (TPSA) is 123 Å². The lowest BCUT2D eigenvalue weighted by molar-refractivity contribution is 0.0828. The van der Waals surface area contributed by atoms with E-state index in [1.807, 2.05) is 0 Å². The number of nitrogens with one attached hydrogen (secondary N) is 2. The third kappa shape index (κ3) is 4.70. The molecule has 0 aliphatic carbocycles. The summed E-state index contributed by atoms with van der Waals surface area (Å²) in [5.41, 5.74) is 6.37. The van der Waals surface area contributed by atoms with Crippen LogP contribution in [-0.4, -0.2) is 51.1 Å². The maximum atomic E-state index is 12.6. The average Bonchev–Trinajstić information content (AvgIpc) is 2.66. The molecule has 9 nitrogen and oxygen atoms in total. The van der Waals surface area contributed by atoms with Crippen molar-refractivity contribution in [1.29, 1.82) is 0 Å². The van der Waals surface area contributed by atoms with Crippen molar-refractivity contribution < 1.29 is 23.9 Å². The van der Waals surface area contributed by atoms with Gasteiger partial charge in [-0.3, -0.25) is 9.59 Å². The van der Waals surface area contributed by atoms with Crippen molar-refractivity contribution in [3.05, 3.63) is 47.5 Å². The highest BCUT2D eigenvalue weighted by Gasteiger charge is 2.20. The number of carbonyl (C=O) groups excluding carboxylic acids is 3. The Labute approximate surface area is 162 Å². The molecule has 0 saturated heterocycles. The molecule has 4 N–H and O–H groups in total. The van der Waals surface area contributed by atoms with Gasteiger partial charge in [0.05, 0.1) is 25.5 Å². The van der Waals surface area contributed by atoms with Gasteiger partial charge < -0.3 is 30.7 Å². The van der Waals surface area contributed by atoms with E-state index >= 15 is 0 Å². The van der Waals surface area contributed by atoms with Gasteiger partial charge in [-0.15, -0.1) is 0 Å². The average molecular weight is 386 g/mol. The summed E-state index contributed by atoms with van der Waals surface area (Å²) in [6.45, 7) is 0. The molecule has 0 atom stereocenters. The van der Waals surface area contributed by atoms with Crippen molar-refractivity contribution in [2.24, 2.45) is 5.73 Å². The Morgan fingerprint density at radius 3 is 2.00 bits per heavy atom. The number of nitrogens with zero attached hydrogens (tertiary/aromatic N) is 1. The molecule has 0 bridgehead atoms. The number of hydrogen-bond acceptors (Lipinski definition) is 5. The third-order valence-electron chi connectivity index (χ3n) is 3.82. The number of ether oxygens (including phenoxy) is 2. The van der Waals surface area contributed by atoms with Gasteiger partial charge in [0.2, 0.25) is 0 Å². The van der Waals surface area contributed by atoms with Gasteiger partial charge in [-0.2, -0.15) is 0 Å². The fourth-order valence-corrected chi connectivity index (χ4v) is 2.44. The molecule has 9 heteroatoms. The summed E-state index contributed by atoms with van der Waals surface area (Å²) in [7, 11) is 6.13. The van der Waals surface area contributed by atoms with Crippen molar-refractivity contribution in [3.8, 4) is 11.5 Å². The number of rotatable bonds is 6. The predicted molar refractivity (Wildman–Crippen MR) is 105 cm³/mol. The molecule has 0 aromatic heterocycles. The summed E-state index contributed by atoms with van der Waals surface area (Å²) in [6, 6.07) is 8.46. The number of urea groups is 1. The van der Waals surface area contributed by atoms with Crippen LogP contribution in [0.25, 0.3) is 0 Å². The minimum absolute atomic E-state index is 0.253. The second-order valence-electron chi connectivity index (χ2n) is 5.97. The molecule has 0 heterocycles. The SMILES string of the molecule is COc1cc(NC(=O)c2ccc(NC(N)=O)cc2)c(C(=O)N(C)C)cc1OC. The highest BCUT2D eigenvalue weighted by molar-refractivity contribution is 6.09. The van der Waals surface area contributed by atoms with E-state index in [0.717, 1.165) is 0 Å². The number of anilines is 2. The Morgan fingerprint density at radius 2 is 1.50 bits per heavy atom. The number of primary amides is 1. The first-order valence-electron chi connectivity index (χ1n) is 8.22. The normalized spacial score (nSPS) is 10.0. The van der Waals surface area contributed by atoms with Crippen LogP contribution in [0.1, 0.15) is 20.7 Å². The smallest absolute Gasteiger partial charge is 0.316 e. The minimum Gasteiger partial charge on any atom is -0.493 e. The van der Waals surface area contributed by atoms with Crippen LogP contribution in [0.15, 0.2) is 36.4 Å². The molecular weight excluding hydrogens is 364 g/mol. The lowest BCUT2D eigenvalue weighted by atomic mass is 10.1. The second-order valence-corrected chi connectivity index (χ2v) is 5.97. The van der Waals surface area contributed by atoms with Crippen LogP contribution in [0.5, 0.6) is 11.5 Å². The number of benzene rings is 2. The number of carbonyl (C=O) groups is 3. The molecule has 2 rings (SSSR count). The van der Waals surface area contributed by atoms with Gasteiger partial charge in [-0.1, -0.05) is 0 Å². The summed E-state index contributed by atoms with van der Waals surface area (Å²) < 4.78 is 10.5. The van der Waals surface area contributed by atoms with Crippen LogP contribution >= 0.6 is 0 Å². The van der Waals surface area contributed by atoms with Crippen molar-refractivity contribution in [1.82, 2.24) is 4.90 Å². The van der Waals surface area contributed by atoms with Crippen molar-refractivity contribution in [2.75, 3.05) is 38.9 Å². The first-order chi connectivity index (χ1) is 13.3. The van der Waals surface area contributed by atoms with Crippen LogP contribution < -0.4 is 25.8 Å². The van der Waals surface area contributed by atoms with Crippen LogP contribution in [-0.2, 0) is 0 Å². The molecule has 0 spiro atoms. The Kier molecular flexibility index (Phi) is 6.43. The van der Waals surface area contributed by atoms with Gasteiger partial charge >= 0.3 is 6.03 Å². The van der Waals surface area contributed by atoms with E-state index in [1.165, 1.54) is 43.4 Å². The van der Waals surface area contributed by atoms with E-state index in [2.05, 4.69) is 10.6 Å². The number of hydrogen-bond donors (Lipinski definition) is 3. The molecule has 0 saturated carbocycles. The molecule has 2 aromatic carbocycles. The molecule has 0 aliphatic rings. The fraction of sp³-hybridized carbons (Fsp3) is 0.211. The van der Waals surface area contributed by atoms with Crippen molar-refractivity contribution in [2.45, 2.75) is 0 Å². The zero-order chi connectivity index (χ0) is 20.8. The fourth-order valence-electron chi connectivity index (χ4n) is 2.44. The maximum absolute atomic E-state index is 12.6. The highest BCUT2D eigenvalue weighted by Crippen LogP contribution is 2.34. The molecule has 0 radical (unpaired) electrons. The highest BCUT2D eigenvalue weighted by atomic mass is 16.5. The van der Waals surface area contributed by atoms with Crippen molar-refractivity contribution >= 4 is 29.2 Å². The number of nitrogens with two attached hydrogens (primary N) is 1. The van der Waals surface area contributed by atoms with Gasteiger partial charge in [0, 0.05) is 31.4 Å². The Hall–Kier alpha value is -3.75. The zero-order valence-corrected chi connectivity index (χ0v) is 16.0. The van der Waals surface area contributed by atoms with E-state index < -0.39 is 11.9 Å². The molecule has 28 heavy (non-hydrogen) atoms. The largest absolute Gasteiger partial charge is 0.493 e. The van der Waals surface area contributed by atoms with Crippen LogP contribution in [0, 0.1) is 0 Å². The van der Waals surface area contributed by atoms with E-state index in [-0.39, 0.29) is 17.2 Å². The van der Waals surface area contributed by atoms with E-state index in [4.69, 9.17) is 15.2 Å². The quantitative estimate of drug-likeness (QED) is 0.702. The molecule has 0 unspecified atom stereocenters. The summed E-state index contributed by atoms with van der Waals surface area (Å²) in [5, 5.41) is 5.13. The lowest BCUT2D eigenvalue weighted by Gasteiger charge is -2.18. The minimum atomic E-state index is -0.700. The molecule has 0 fully saturated rings. The zero-order valence-electron chi connectivity index (χ0n) is 16.0. The van der Waals surface area contributed by atoms with E-state index in [0.29, 0.717) is 22.7 Å². The third-order valence-corrected chi connectivity index (χ3v) is 3.82. The van der Waals surface area contributed by atoms with E-state index in [1.54, 1.807) is 26.2 Å². The molecule has 2 aromatic rings. The van der Waals surface area contributed by atoms with Gasteiger partial charge in [-0.05, 0) is 30.3 Å². The second kappa shape index (κ2) is 8.76. The van der Waals surface area contributed by atoms with Crippen LogP contribution in [0.4, 0.5) is 16.2 Å². The lowest BCUT2D eigenvalue weighted by Crippen LogP contribution is -2.24. The standard InChI is InChI=1S/C19H22N4O5/c1-23(2)18(25)13-9-15(27-3)16(28-4)10-14(13)22-17(24)11-5-7-12(8-6-11)21-19(20)26/h5-10H,1-4H3,(H,22,24)(H3,20,21,26). The molecular formula is C19H22N4O5. The summed E-state index contributed by atoms with van der Waals surface area (Å²) >= 11 is 0. The van der Waals surface area contributed by atoms with Gasteiger partial charge in [0.15, 0.2) is 11.5 Å². The first kappa shape index (κ1) is 20.6. The summed E-state index contributed by atoms with van der Waals surface area (Å²) in [4.78, 5) is 37.4. The molecule has 4 amide bonds. The maximum Gasteiger partial charge on any atom is 0.316 e. The monoisotopic (exact) mass is 386 g/mol. The van der Waals surface area contributed by atoms with Gasteiger partial charge in [0.1, 0.15) is 0 Å². The summed E-state index contributed by atoms with van der Waals surface area (Å²) in [6.07, 6.45) is 0. The van der Waals surface area contributed by atoms with E-state index in [9.17, 15) is 14.4 Å². The molecule has 0 aliphatic heterocycles. The molecule has 148 valence electrons. The number of amides is 4. The van der Waals surface area contributed by atoms with Crippen LogP contribution in [0.2, 0.25) is 0 Å². The number of methoxy groups -OCH3 is 2. The van der Waals surface area contributed by atoms with Crippen LogP contribution in [0.3, 0.4) is 0 Å². The predicted octanol–water partition coefficient (Wildman–Crippen LogP) is 2.15. The Morgan fingerprint density at radius 1 is 0.929 bits per heavy atom. The van der Waals surface area contributed by atoms with Gasteiger partial charge in [0.25, 0.3) is 11.8 Å². The van der Waals surface area contributed by atoms with Crippen molar-refractivity contribution in [3.63, 3.8) is 0 Å². The summed E-state index contributed by atoms with van der Waals surface area (Å²) in [5.74, 6) is -0.00963.